The summed E-state index contributed by atoms with van der Waals surface area (Å²) < 4.78 is 38.1. The van der Waals surface area contributed by atoms with E-state index in [4.69, 9.17) is 11.6 Å². The predicted octanol–water partition coefficient (Wildman–Crippen LogP) is 4.84. The van der Waals surface area contributed by atoms with Gasteiger partial charge in [0.05, 0.1) is 5.56 Å². The maximum Gasteiger partial charge on any atom is 0.416 e. The van der Waals surface area contributed by atoms with Crippen LogP contribution in [0.15, 0.2) is 12.1 Å². The summed E-state index contributed by atoms with van der Waals surface area (Å²) in [7, 11) is 0. The second kappa shape index (κ2) is 6.43. The summed E-state index contributed by atoms with van der Waals surface area (Å²) in [4.78, 5) is 3.93. The largest absolute Gasteiger partial charge is 0.416 e. The number of alkyl halides is 3. The molecule has 0 bridgehead atoms. The molecule has 0 aromatic carbocycles. The molecule has 1 aromatic rings. The molecule has 7 heteroatoms. The van der Waals surface area contributed by atoms with E-state index in [0.717, 1.165) is 37.8 Å². The molecular formula is C13H16ClF3N2S. The second-order valence-electron chi connectivity index (χ2n) is 4.92. The quantitative estimate of drug-likeness (QED) is 0.805. The van der Waals surface area contributed by atoms with Gasteiger partial charge in [0.2, 0.25) is 0 Å². The molecule has 0 aliphatic heterocycles. The van der Waals surface area contributed by atoms with Crippen LogP contribution in [0.1, 0.15) is 31.2 Å². The molecule has 1 saturated carbocycles. The van der Waals surface area contributed by atoms with E-state index < -0.39 is 11.7 Å². The molecule has 1 heterocycles. The van der Waals surface area contributed by atoms with Crippen LogP contribution in [0, 0.1) is 0 Å². The lowest BCUT2D eigenvalue weighted by Gasteiger charge is -2.28. The van der Waals surface area contributed by atoms with E-state index in [0.29, 0.717) is 5.25 Å². The average molecular weight is 325 g/mol. The number of halogens is 4. The van der Waals surface area contributed by atoms with Crippen molar-refractivity contribution in [2.75, 3.05) is 11.6 Å². The van der Waals surface area contributed by atoms with Gasteiger partial charge in [-0.2, -0.15) is 24.9 Å². The van der Waals surface area contributed by atoms with E-state index >= 15 is 0 Å². The highest BCUT2D eigenvalue weighted by molar-refractivity contribution is 7.99. The number of thioether (sulfide) groups is 1. The summed E-state index contributed by atoms with van der Waals surface area (Å²) >= 11 is 7.51. The van der Waals surface area contributed by atoms with Gasteiger partial charge in [-0.15, -0.1) is 0 Å². The molecule has 0 radical (unpaired) electrons. The van der Waals surface area contributed by atoms with Crippen LogP contribution in [-0.2, 0) is 6.18 Å². The predicted molar refractivity (Wildman–Crippen MR) is 77.4 cm³/mol. The molecule has 112 valence electrons. The maximum atomic E-state index is 12.7. The SMILES string of the molecule is CSC1CCC(Nc2cc(C(F)(F)F)cc(Cl)n2)CC1. The van der Waals surface area contributed by atoms with Crippen molar-refractivity contribution in [3.63, 3.8) is 0 Å². The van der Waals surface area contributed by atoms with E-state index in [1.54, 1.807) is 0 Å². The van der Waals surface area contributed by atoms with E-state index in [1.165, 1.54) is 0 Å². The minimum atomic E-state index is -4.40. The third-order valence-electron chi connectivity index (χ3n) is 3.48. The van der Waals surface area contributed by atoms with Gasteiger partial charge < -0.3 is 5.32 Å². The number of aromatic nitrogens is 1. The first-order valence-corrected chi connectivity index (χ1v) is 8.09. The van der Waals surface area contributed by atoms with Crippen LogP contribution < -0.4 is 5.32 Å². The Morgan fingerprint density at radius 1 is 1.25 bits per heavy atom. The van der Waals surface area contributed by atoms with Gasteiger partial charge in [-0.3, -0.25) is 0 Å². The molecule has 20 heavy (non-hydrogen) atoms. The van der Waals surface area contributed by atoms with Gasteiger partial charge in [0.15, 0.2) is 0 Å². The molecule has 1 aliphatic rings. The zero-order valence-corrected chi connectivity index (χ0v) is 12.6. The molecule has 1 fully saturated rings. The minimum Gasteiger partial charge on any atom is -0.367 e. The van der Waals surface area contributed by atoms with Crippen molar-refractivity contribution in [2.45, 2.75) is 43.2 Å². The monoisotopic (exact) mass is 324 g/mol. The Hall–Kier alpha value is -0.620. The Morgan fingerprint density at radius 2 is 1.90 bits per heavy atom. The Bertz CT molecular complexity index is 459. The number of hydrogen-bond donors (Lipinski definition) is 1. The molecule has 1 N–H and O–H groups in total. The minimum absolute atomic E-state index is 0.139. The molecule has 1 aliphatic carbocycles. The topological polar surface area (TPSA) is 24.9 Å². The number of nitrogens with one attached hydrogen (secondary N) is 1. The van der Waals surface area contributed by atoms with Crippen LogP contribution in [0.3, 0.4) is 0 Å². The van der Waals surface area contributed by atoms with E-state index in [1.807, 2.05) is 11.8 Å². The third kappa shape index (κ3) is 4.19. The molecule has 2 rings (SSSR count). The van der Waals surface area contributed by atoms with Gasteiger partial charge in [-0.05, 0) is 44.1 Å². The van der Waals surface area contributed by atoms with Crippen molar-refractivity contribution in [1.82, 2.24) is 4.98 Å². The summed E-state index contributed by atoms with van der Waals surface area (Å²) in [5.41, 5.74) is -0.766. The lowest BCUT2D eigenvalue weighted by molar-refractivity contribution is -0.137. The zero-order valence-electron chi connectivity index (χ0n) is 11.0. The van der Waals surface area contributed by atoms with Crippen LogP contribution in [0.25, 0.3) is 0 Å². The summed E-state index contributed by atoms with van der Waals surface area (Å²) in [6.07, 6.45) is 1.73. The Morgan fingerprint density at radius 3 is 2.45 bits per heavy atom. The zero-order chi connectivity index (χ0) is 14.8. The van der Waals surface area contributed by atoms with Crippen molar-refractivity contribution in [3.8, 4) is 0 Å². The van der Waals surface area contributed by atoms with Crippen molar-refractivity contribution in [2.24, 2.45) is 0 Å². The molecular weight excluding hydrogens is 309 g/mol. The van der Waals surface area contributed by atoms with E-state index in [-0.39, 0.29) is 17.0 Å². The van der Waals surface area contributed by atoms with Gasteiger partial charge >= 0.3 is 6.18 Å². The third-order valence-corrected chi connectivity index (χ3v) is 4.81. The number of pyridine rings is 1. The van der Waals surface area contributed by atoms with Gasteiger partial charge in [-0.1, -0.05) is 11.6 Å². The first kappa shape index (κ1) is 15.8. The normalized spacial score (nSPS) is 23.6. The average Bonchev–Trinajstić information content (AvgIpc) is 2.38. The second-order valence-corrected chi connectivity index (χ2v) is 6.44. The molecule has 0 unspecified atom stereocenters. The fraction of sp³-hybridized carbons (Fsp3) is 0.615. The summed E-state index contributed by atoms with van der Waals surface area (Å²) in [6.45, 7) is 0. The highest BCUT2D eigenvalue weighted by Crippen LogP contribution is 2.33. The first-order chi connectivity index (χ1) is 9.38. The van der Waals surface area contributed by atoms with Gasteiger partial charge in [0.1, 0.15) is 11.0 Å². The lowest BCUT2D eigenvalue weighted by atomic mass is 9.95. The highest BCUT2D eigenvalue weighted by Gasteiger charge is 2.32. The van der Waals surface area contributed by atoms with E-state index in [2.05, 4.69) is 16.6 Å². The standard InChI is InChI=1S/C13H16ClF3N2S/c1-20-10-4-2-9(3-5-10)18-12-7-8(13(15,16)17)6-11(14)19-12/h6-7,9-10H,2-5H2,1H3,(H,18,19). The first-order valence-electron chi connectivity index (χ1n) is 6.42. The van der Waals surface area contributed by atoms with Crippen molar-refractivity contribution < 1.29 is 13.2 Å². The van der Waals surface area contributed by atoms with Crippen LogP contribution in [0.4, 0.5) is 19.0 Å². The summed E-state index contributed by atoms with van der Waals surface area (Å²) in [5, 5.41) is 3.59. The van der Waals surface area contributed by atoms with Crippen molar-refractivity contribution in [3.05, 3.63) is 22.8 Å². The van der Waals surface area contributed by atoms with Crippen LogP contribution in [0.5, 0.6) is 0 Å². The molecule has 0 atom stereocenters. The highest BCUT2D eigenvalue weighted by atomic mass is 35.5. The van der Waals surface area contributed by atoms with E-state index in [9.17, 15) is 13.2 Å². The van der Waals surface area contributed by atoms with Gasteiger partial charge in [-0.25, -0.2) is 4.98 Å². The number of rotatable bonds is 3. The van der Waals surface area contributed by atoms with Gasteiger partial charge in [0, 0.05) is 11.3 Å². The van der Waals surface area contributed by atoms with Gasteiger partial charge in [0.25, 0.3) is 0 Å². The van der Waals surface area contributed by atoms with Crippen LogP contribution >= 0.6 is 23.4 Å². The lowest BCUT2D eigenvalue weighted by Crippen LogP contribution is -2.27. The molecule has 0 saturated heterocycles. The Labute approximate surface area is 125 Å². The van der Waals surface area contributed by atoms with Crippen LogP contribution in [0.2, 0.25) is 5.15 Å². The molecule has 0 amide bonds. The Balaban J connectivity index is 2.05. The van der Waals surface area contributed by atoms with Crippen LogP contribution in [-0.4, -0.2) is 22.5 Å². The smallest absolute Gasteiger partial charge is 0.367 e. The molecule has 1 aromatic heterocycles. The molecule has 2 nitrogen and oxygen atoms in total. The summed E-state index contributed by atoms with van der Waals surface area (Å²) in [5.74, 6) is 0.206. The van der Waals surface area contributed by atoms with Crippen molar-refractivity contribution >= 4 is 29.2 Å². The number of hydrogen-bond acceptors (Lipinski definition) is 3. The maximum absolute atomic E-state index is 12.7. The number of anilines is 1. The number of nitrogens with zero attached hydrogens (tertiary/aromatic N) is 1. The summed E-state index contributed by atoms with van der Waals surface area (Å²) in [6, 6.07) is 2.04. The fourth-order valence-corrected chi connectivity index (χ4v) is 3.34. The Kier molecular flexibility index (Phi) is 5.07. The molecule has 0 spiro atoms. The van der Waals surface area contributed by atoms with Crippen molar-refractivity contribution in [1.29, 1.82) is 0 Å². The fourth-order valence-electron chi connectivity index (χ4n) is 2.39.